The largest absolute Gasteiger partial charge is 0.477 e. The van der Waals surface area contributed by atoms with Crippen molar-refractivity contribution < 1.29 is 9.90 Å². The summed E-state index contributed by atoms with van der Waals surface area (Å²) >= 11 is 0. The maximum Gasteiger partial charge on any atom is 0.352 e. The molecule has 0 fully saturated rings. The van der Waals surface area contributed by atoms with E-state index in [0.29, 0.717) is 13.1 Å². The van der Waals surface area contributed by atoms with Crippen molar-refractivity contribution in [2.24, 2.45) is 0 Å². The molecule has 6 heteroatoms. The molecule has 0 aliphatic heterocycles. The molecule has 0 aliphatic rings. The molecule has 0 amide bonds. The Hall–Kier alpha value is -2.37. The third-order valence-electron chi connectivity index (χ3n) is 2.76. The van der Waals surface area contributed by atoms with Gasteiger partial charge in [-0.1, -0.05) is 6.07 Å². The molecule has 1 N–H and O–H groups in total. The number of pyridine rings is 1. The van der Waals surface area contributed by atoms with E-state index in [-0.39, 0.29) is 11.3 Å². The Balaban J connectivity index is 2.27. The summed E-state index contributed by atoms with van der Waals surface area (Å²) in [4.78, 5) is 26.8. The zero-order valence-electron chi connectivity index (χ0n) is 9.91. The van der Waals surface area contributed by atoms with Crippen LogP contribution < -0.4 is 5.56 Å². The summed E-state index contributed by atoms with van der Waals surface area (Å²) in [7, 11) is 0. The van der Waals surface area contributed by atoms with Gasteiger partial charge in [-0.05, 0) is 13.0 Å². The van der Waals surface area contributed by atoms with Crippen molar-refractivity contribution in [2.75, 3.05) is 0 Å². The van der Waals surface area contributed by atoms with Crippen LogP contribution in [0.3, 0.4) is 0 Å². The average Bonchev–Trinajstić information content (AvgIpc) is 2.73. The van der Waals surface area contributed by atoms with Crippen LogP contribution in [0, 0.1) is 6.92 Å². The van der Waals surface area contributed by atoms with E-state index in [4.69, 9.17) is 5.11 Å². The van der Waals surface area contributed by atoms with Crippen molar-refractivity contribution in [3.8, 4) is 0 Å². The molecule has 18 heavy (non-hydrogen) atoms. The van der Waals surface area contributed by atoms with Gasteiger partial charge in [-0.2, -0.15) is 0 Å². The Labute approximate surface area is 103 Å². The molecule has 2 heterocycles. The monoisotopic (exact) mass is 247 g/mol. The van der Waals surface area contributed by atoms with E-state index in [9.17, 15) is 9.59 Å². The van der Waals surface area contributed by atoms with Crippen molar-refractivity contribution in [3.63, 3.8) is 0 Å². The van der Waals surface area contributed by atoms with Crippen molar-refractivity contribution in [3.05, 3.63) is 52.5 Å². The highest BCUT2D eigenvalue weighted by molar-refractivity contribution is 5.85. The molecule has 0 unspecified atom stereocenters. The van der Waals surface area contributed by atoms with Crippen LogP contribution in [0.1, 0.15) is 16.3 Å². The van der Waals surface area contributed by atoms with Crippen molar-refractivity contribution >= 4 is 5.97 Å². The summed E-state index contributed by atoms with van der Waals surface area (Å²) < 4.78 is 3.12. The van der Waals surface area contributed by atoms with E-state index in [2.05, 4.69) is 4.98 Å². The lowest BCUT2D eigenvalue weighted by Gasteiger charge is -2.10. The SMILES string of the molecule is Cc1nccn1CCn1c(C(=O)O)cccc1=O. The second kappa shape index (κ2) is 4.87. The normalized spacial score (nSPS) is 10.5. The summed E-state index contributed by atoms with van der Waals surface area (Å²) in [5.74, 6) is -0.272. The maximum absolute atomic E-state index is 11.7. The Morgan fingerprint density at radius 1 is 1.39 bits per heavy atom. The summed E-state index contributed by atoms with van der Waals surface area (Å²) in [6, 6.07) is 4.22. The fourth-order valence-corrected chi connectivity index (χ4v) is 1.79. The van der Waals surface area contributed by atoms with Gasteiger partial charge in [0.05, 0.1) is 0 Å². The fourth-order valence-electron chi connectivity index (χ4n) is 1.79. The Morgan fingerprint density at radius 3 is 2.78 bits per heavy atom. The third kappa shape index (κ3) is 2.32. The van der Waals surface area contributed by atoms with Gasteiger partial charge in [0.1, 0.15) is 11.5 Å². The van der Waals surface area contributed by atoms with Crippen LogP contribution in [0.15, 0.2) is 35.4 Å². The number of hydrogen-bond acceptors (Lipinski definition) is 3. The molecule has 6 nitrogen and oxygen atoms in total. The second-order valence-corrected chi connectivity index (χ2v) is 3.87. The topological polar surface area (TPSA) is 77.1 Å². The number of imidazole rings is 1. The standard InChI is InChI=1S/C12H13N3O3/c1-9-13-5-6-14(9)7-8-15-10(12(17)18)3-2-4-11(15)16/h2-6H,7-8H2,1H3,(H,17,18). The molecule has 2 rings (SSSR count). The first-order valence-corrected chi connectivity index (χ1v) is 5.50. The van der Waals surface area contributed by atoms with Crippen LogP contribution in [0.5, 0.6) is 0 Å². The fraction of sp³-hybridized carbons (Fsp3) is 0.250. The van der Waals surface area contributed by atoms with Gasteiger partial charge in [-0.3, -0.25) is 4.79 Å². The number of rotatable bonds is 4. The number of aromatic nitrogens is 3. The zero-order valence-corrected chi connectivity index (χ0v) is 9.91. The number of aromatic carboxylic acids is 1. The van der Waals surface area contributed by atoms with Gasteiger partial charge in [-0.25, -0.2) is 9.78 Å². The molecule has 0 saturated heterocycles. The van der Waals surface area contributed by atoms with Crippen molar-refractivity contribution in [2.45, 2.75) is 20.0 Å². The molecule has 0 spiro atoms. The lowest BCUT2D eigenvalue weighted by Crippen LogP contribution is -2.26. The van der Waals surface area contributed by atoms with Crippen LogP contribution in [-0.4, -0.2) is 25.2 Å². The quantitative estimate of drug-likeness (QED) is 0.865. The summed E-state index contributed by atoms with van der Waals surface area (Å²) in [6.07, 6.45) is 3.46. The van der Waals surface area contributed by atoms with Gasteiger partial charge < -0.3 is 14.2 Å². The minimum Gasteiger partial charge on any atom is -0.477 e. The number of hydrogen-bond donors (Lipinski definition) is 1. The summed E-state index contributed by atoms with van der Waals surface area (Å²) in [6.45, 7) is 2.67. The molecule has 0 bridgehead atoms. The first-order valence-electron chi connectivity index (χ1n) is 5.50. The van der Waals surface area contributed by atoms with Gasteiger partial charge in [0.15, 0.2) is 0 Å². The van der Waals surface area contributed by atoms with E-state index in [0.717, 1.165) is 5.82 Å². The Bertz CT molecular complexity index is 627. The molecule has 94 valence electrons. The van der Waals surface area contributed by atoms with Gasteiger partial charge in [-0.15, -0.1) is 0 Å². The Kier molecular flexibility index (Phi) is 3.27. The van der Waals surface area contributed by atoms with E-state index >= 15 is 0 Å². The molecule has 0 saturated carbocycles. The predicted molar refractivity (Wildman–Crippen MR) is 64.6 cm³/mol. The molecule has 0 atom stereocenters. The Morgan fingerprint density at radius 2 is 2.17 bits per heavy atom. The number of carboxylic acids is 1. The molecule has 2 aromatic heterocycles. The lowest BCUT2D eigenvalue weighted by atomic mass is 10.3. The maximum atomic E-state index is 11.7. The molecular weight excluding hydrogens is 234 g/mol. The van der Waals surface area contributed by atoms with Crippen molar-refractivity contribution in [1.29, 1.82) is 0 Å². The second-order valence-electron chi connectivity index (χ2n) is 3.87. The van der Waals surface area contributed by atoms with Gasteiger partial charge in [0.25, 0.3) is 5.56 Å². The molecule has 2 aromatic rings. The van der Waals surface area contributed by atoms with E-state index < -0.39 is 5.97 Å². The highest BCUT2D eigenvalue weighted by Crippen LogP contribution is 2.00. The first kappa shape index (κ1) is 12.1. The molecule has 0 radical (unpaired) electrons. The van der Waals surface area contributed by atoms with Crippen LogP contribution in [-0.2, 0) is 13.1 Å². The highest BCUT2D eigenvalue weighted by atomic mass is 16.4. The van der Waals surface area contributed by atoms with Crippen LogP contribution in [0.25, 0.3) is 0 Å². The van der Waals surface area contributed by atoms with E-state index in [1.165, 1.54) is 22.8 Å². The summed E-state index contributed by atoms with van der Waals surface area (Å²) in [5, 5.41) is 9.02. The molecule has 0 aliphatic carbocycles. The van der Waals surface area contributed by atoms with Gasteiger partial charge in [0, 0.05) is 31.5 Å². The molecule has 0 aromatic carbocycles. The third-order valence-corrected chi connectivity index (χ3v) is 2.76. The number of nitrogens with zero attached hydrogens (tertiary/aromatic N) is 3. The lowest BCUT2D eigenvalue weighted by molar-refractivity contribution is 0.0683. The minimum absolute atomic E-state index is 0.000248. The van der Waals surface area contributed by atoms with Crippen molar-refractivity contribution in [1.82, 2.24) is 14.1 Å². The first-order chi connectivity index (χ1) is 8.59. The van der Waals surface area contributed by atoms with E-state index in [1.807, 2.05) is 11.5 Å². The average molecular weight is 247 g/mol. The highest BCUT2D eigenvalue weighted by Gasteiger charge is 2.10. The molecular formula is C12H13N3O3. The minimum atomic E-state index is -1.10. The zero-order chi connectivity index (χ0) is 13.1. The van der Waals surface area contributed by atoms with Gasteiger partial charge >= 0.3 is 5.97 Å². The van der Waals surface area contributed by atoms with Crippen LogP contribution in [0.4, 0.5) is 0 Å². The number of carboxylic acid groups (broad SMARTS) is 1. The smallest absolute Gasteiger partial charge is 0.352 e. The summed E-state index contributed by atoms with van der Waals surface area (Å²) in [5.41, 5.74) is -0.312. The van der Waals surface area contributed by atoms with Crippen LogP contribution in [0.2, 0.25) is 0 Å². The van der Waals surface area contributed by atoms with E-state index in [1.54, 1.807) is 12.4 Å². The van der Waals surface area contributed by atoms with Crippen LogP contribution >= 0.6 is 0 Å². The number of aryl methyl sites for hydroxylation is 2. The number of carbonyl (C=O) groups is 1. The van der Waals surface area contributed by atoms with Gasteiger partial charge in [0.2, 0.25) is 0 Å². The predicted octanol–water partition coefficient (Wildman–Crippen LogP) is 0.752.